The molecule has 6 nitrogen and oxygen atoms in total. The van der Waals surface area contributed by atoms with E-state index in [1.54, 1.807) is 13.2 Å². The van der Waals surface area contributed by atoms with Gasteiger partial charge >= 0.3 is 0 Å². The molecular weight excluding hydrogens is 366 g/mol. The Balaban J connectivity index is 1.64. The van der Waals surface area contributed by atoms with Crippen molar-refractivity contribution in [1.82, 2.24) is 15.1 Å². The summed E-state index contributed by atoms with van der Waals surface area (Å²) in [6, 6.07) is 13.4. The summed E-state index contributed by atoms with van der Waals surface area (Å²) in [5.74, 6) is 0.235. The molecular formula is C23H23N3O3. The van der Waals surface area contributed by atoms with Gasteiger partial charge in [-0.25, -0.2) is 0 Å². The van der Waals surface area contributed by atoms with Crippen molar-refractivity contribution < 1.29 is 14.3 Å². The van der Waals surface area contributed by atoms with Crippen molar-refractivity contribution in [3.05, 3.63) is 53.6 Å². The van der Waals surface area contributed by atoms with Crippen LogP contribution >= 0.6 is 0 Å². The number of hydrogen-bond donors (Lipinski definition) is 1. The van der Waals surface area contributed by atoms with E-state index in [1.807, 2.05) is 36.4 Å². The maximum atomic E-state index is 13.5. The lowest BCUT2D eigenvalue weighted by molar-refractivity contribution is 0.0591. The number of ether oxygens (including phenoxy) is 1. The van der Waals surface area contributed by atoms with E-state index in [9.17, 15) is 9.59 Å². The molecule has 148 valence electrons. The number of imide groups is 1. The van der Waals surface area contributed by atoms with Crippen LogP contribution in [-0.2, 0) is 0 Å². The van der Waals surface area contributed by atoms with Crippen LogP contribution in [0.5, 0.6) is 5.75 Å². The second kappa shape index (κ2) is 7.13. The van der Waals surface area contributed by atoms with Crippen molar-refractivity contribution in [2.24, 2.45) is 0 Å². The van der Waals surface area contributed by atoms with Crippen molar-refractivity contribution in [3.8, 4) is 5.75 Å². The molecule has 2 aliphatic heterocycles. The van der Waals surface area contributed by atoms with E-state index in [1.165, 1.54) is 4.90 Å². The van der Waals surface area contributed by atoms with Gasteiger partial charge in [-0.05, 0) is 29.0 Å². The number of piperazine rings is 1. The third-order valence-electron chi connectivity index (χ3n) is 5.99. The van der Waals surface area contributed by atoms with Crippen LogP contribution in [0.4, 0.5) is 0 Å². The van der Waals surface area contributed by atoms with Crippen LogP contribution in [0.15, 0.2) is 42.5 Å². The van der Waals surface area contributed by atoms with Gasteiger partial charge in [-0.1, -0.05) is 24.3 Å². The standard InChI is InChI=1S/C23H23N3O3/c1-29-19-7-6-17-20-18(19)14-15-4-2-3-5-16(15)21(20)23(28)26(22(17)27)13-12-25-10-8-24-9-11-25/h2-7,14,24H,8-13H2,1H3. The molecule has 0 aromatic heterocycles. The summed E-state index contributed by atoms with van der Waals surface area (Å²) in [7, 11) is 1.61. The largest absolute Gasteiger partial charge is 0.496 e. The third-order valence-corrected chi connectivity index (χ3v) is 5.99. The maximum absolute atomic E-state index is 13.5. The van der Waals surface area contributed by atoms with Crippen molar-refractivity contribution >= 4 is 33.4 Å². The SMILES string of the molecule is COc1ccc2c3c(c4ccccc4cc13)C(=O)N(CCN1CCNCC1)C2=O. The van der Waals surface area contributed by atoms with Gasteiger partial charge in [-0.2, -0.15) is 0 Å². The number of nitrogens with zero attached hydrogens (tertiary/aromatic N) is 2. The Kier molecular flexibility index (Phi) is 4.45. The number of carbonyl (C=O) groups excluding carboxylic acids is 2. The molecule has 0 atom stereocenters. The van der Waals surface area contributed by atoms with Crippen LogP contribution in [0.1, 0.15) is 20.7 Å². The van der Waals surface area contributed by atoms with E-state index in [0.29, 0.717) is 35.4 Å². The molecule has 1 N–H and O–H groups in total. The van der Waals surface area contributed by atoms with Gasteiger partial charge in [0.1, 0.15) is 5.75 Å². The first-order valence-electron chi connectivity index (χ1n) is 10.0. The van der Waals surface area contributed by atoms with Crippen LogP contribution in [0, 0.1) is 0 Å². The Morgan fingerprint density at radius 1 is 0.966 bits per heavy atom. The zero-order valence-electron chi connectivity index (χ0n) is 16.4. The minimum absolute atomic E-state index is 0.215. The van der Waals surface area contributed by atoms with Crippen molar-refractivity contribution in [3.63, 3.8) is 0 Å². The number of rotatable bonds is 4. The summed E-state index contributed by atoms with van der Waals surface area (Å²) in [6.45, 7) is 4.83. The average Bonchev–Trinajstić information content (AvgIpc) is 2.76. The fraction of sp³-hybridized carbons (Fsp3) is 0.304. The Morgan fingerprint density at radius 2 is 1.76 bits per heavy atom. The lowest BCUT2D eigenvalue weighted by Gasteiger charge is -2.32. The minimum atomic E-state index is -0.222. The van der Waals surface area contributed by atoms with Crippen LogP contribution in [0.25, 0.3) is 21.5 Å². The molecule has 1 fully saturated rings. The molecule has 2 heterocycles. The molecule has 6 heteroatoms. The zero-order chi connectivity index (χ0) is 20.0. The molecule has 0 unspecified atom stereocenters. The molecule has 0 saturated carbocycles. The van der Waals surface area contributed by atoms with Crippen LogP contribution in [-0.4, -0.2) is 68.0 Å². The van der Waals surface area contributed by atoms with Gasteiger partial charge < -0.3 is 10.1 Å². The lowest BCUT2D eigenvalue weighted by atomic mass is 9.89. The molecule has 2 aliphatic rings. The van der Waals surface area contributed by atoms with E-state index >= 15 is 0 Å². The first kappa shape index (κ1) is 18.1. The summed E-state index contributed by atoms with van der Waals surface area (Å²) in [4.78, 5) is 30.5. The quantitative estimate of drug-likeness (QED) is 0.549. The van der Waals surface area contributed by atoms with Gasteiger partial charge in [-0.15, -0.1) is 0 Å². The maximum Gasteiger partial charge on any atom is 0.262 e. The first-order chi connectivity index (χ1) is 14.2. The van der Waals surface area contributed by atoms with Gasteiger partial charge in [0, 0.05) is 55.6 Å². The molecule has 3 aromatic carbocycles. The van der Waals surface area contributed by atoms with Crippen molar-refractivity contribution in [1.29, 1.82) is 0 Å². The van der Waals surface area contributed by atoms with Gasteiger partial charge in [0.25, 0.3) is 11.8 Å². The Labute approximate surface area is 169 Å². The predicted octanol–water partition coefficient (Wildman–Crippen LogP) is 2.50. The molecule has 3 aromatic rings. The second-order valence-corrected chi connectivity index (χ2v) is 7.56. The molecule has 2 amide bonds. The van der Waals surface area contributed by atoms with Gasteiger partial charge in [0.2, 0.25) is 0 Å². The normalized spacial score (nSPS) is 17.3. The highest BCUT2D eigenvalue weighted by Gasteiger charge is 2.35. The number of methoxy groups -OCH3 is 1. The summed E-state index contributed by atoms with van der Waals surface area (Å²) >= 11 is 0. The number of fused-ring (bicyclic) bond motifs is 2. The molecule has 0 radical (unpaired) electrons. The zero-order valence-corrected chi connectivity index (χ0v) is 16.4. The van der Waals surface area contributed by atoms with Gasteiger partial charge in [0.15, 0.2) is 0 Å². The van der Waals surface area contributed by atoms with Crippen LogP contribution in [0.3, 0.4) is 0 Å². The molecule has 5 rings (SSSR count). The molecule has 1 saturated heterocycles. The minimum Gasteiger partial charge on any atom is -0.496 e. The highest BCUT2D eigenvalue weighted by atomic mass is 16.5. The molecule has 29 heavy (non-hydrogen) atoms. The van der Waals surface area contributed by atoms with E-state index in [4.69, 9.17) is 4.74 Å². The van der Waals surface area contributed by atoms with Gasteiger partial charge in [-0.3, -0.25) is 19.4 Å². The van der Waals surface area contributed by atoms with E-state index in [2.05, 4.69) is 10.2 Å². The topological polar surface area (TPSA) is 61.9 Å². The fourth-order valence-electron chi connectivity index (χ4n) is 4.48. The Morgan fingerprint density at radius 3 is 2.55 bits per heavy atom. The smallest absolute Gasteiger partial charge is 0.262 e. The Hall–Kier alpha value is -2.96. The number of carbonyl (C=O) groups is 2. The van der Waals surface area contributed by atoms with E-state index < -0.39 is 0 Å². The third kappa shape index (κ3) is 2.87. The molecule has 0 aliphatic carbocycles. The van der Waals surface area contributed by atoms with Crippen molar-refractivity contribution in [2.75, 3.05) is 46.4 Å². The average molecular weight is 389 g/mol. The number of hydrogen-bond acceptors (Lipinski definition) is 5. The number of amides is 2. The lowest BCUT2D eigenvalue weighted by Crippen LogP contribution is -2.49. The van der Waals surface area contributed by atoms with Crippen LogP contribution < -0.4 is 10.1 Å². The first-order valence-corrected chi connectivity index (χ1v) is 10.0. The Bertz CT molecular complexity index is 1140. The van der Waals surface area contributed by atoms with Crippen molar-refractivity contribution in [2.45, 2.75) is 0 Å². The summed E-state index contributed by atoms with van der Waals surface area (Å²) < 4.78 is 5.53. The van der Waals surface area contributed by atoms with Gasteiger partial charge in [0.05, 0.1) is 12.7 Å². The van der Waals surface area contributed by atoms with Crippen LogP contribution in [0.2, 0.25) is 0 Å². The highest BCUT2D eigenvalue weighted by Crippen LogP contribution is 2.39. The summed E-state index contributed by atoms with van der Waals surface area (Å²) in [5, 5.41) is 6.68. The summed E-state index contributed by atoms with van der Waals surface area (Å²) in [5.41, 5.74) is 1.17. The summed E-state index contributed by atoms with van der Waals surface area (Å²) in [6.07, 6.45) is 0. The predicted molar refractivity (Wildman–Crippen MR) is 113 cm³/mol. The van der Waals surface area contributed by atoms with E-state index in [-0.39, 0.29) is 11.8 Å². The number of benzene rings is 3. The number of nitrogens with one attached hydrogen (secondary N) is 1. The highest BCUT2D eigenvalue weighted by molar-refractivity contribution is 6.31. The monoisotopic (exact) mass is 389 g/mol. The molecule has 0 bridgehead atoms. The second-order valence-electron chi connectivity index (χ2n) is 7.56. The van der Waals surface area contributed by atoms with E-state index in [0.717, 1.165) is 42.3 Å². The fourth-order valence-corrected chi connectivity index (χ4v) is 4.48. The molecule has 0 spiro atoms.